The van der Waals surface area contributed by atoms with Gasteiger partial charge in [0.2, 0.25) is 0 Å². The van der Waals surface area contributed by atoms with Crippen molar-refractivity contribution in [1.29, 1.82) is 0 Å². The lowest BCUT2D eigenvalue weighted by Gasteiger charge is -2.30. The van der Waals surface area contributed by atoms with E-state index in [1.54, 1.807) is 25.4 Å². The van der Waals surface area contributed by atoms with Gasteiger partial charge in [-0.3, -0.25) is 19.6 Å². The van der Waals surface area contributed by atoms with Crippen LogP contribution in [0.4, 0.5) is 26.0 Å². The number of carbonyl (C=O) groups is 2. The van der Waals surface area contributed by atoms with Gasteiger partial charge in [-0.2, -0.15) is 0 Å². The summed E-state index contributed by atoms with van der Waals surface area (Å²) in [5.41, 5.74) is 6.40. The standard InChI is InChI=1S/C25H24FN5O.C20H20FN3O.C5H5ClN2/c1-14-12-25(14,30-24(32)16-3-5-18(26)6-4-16)21-8-7-20-23(29-21)19-11-17(19)13-31(20)22-9-10-27-15(2)28-22;1-11-9-20(11,24-19(25)12-2-4-14(21)5-3-12)17-7-6-16-18(23-17)15-8-13(15)10-22-16;1-4-7-3-2-5(6)8-4/h3-10,14,17,19H,11-13H2,1-2H3,(H,30,32);2-7,11,13,15,22H,8-10H2,1H3,(H,24,25);2-3H,1H3/t14-,17?,19?,25-;11-,13?,15?,20-;/m00./s1. The van der Waals surface area contributed by atoms with Crippen molar-refractivity contribution in [1.82, 2.24) is 40.5 Å². The Morgan fingerprint density at radius 3 is 1.74 bits per heavy atom. The molecule has 2 aliphatic heterocycles. The van der Waals surface area contributed by atoms with Gasteiger partial charge < -0.3 is 20.9 Å². The highest BCUT2D eigenvalue weighted by Crippen LogP contribution is 2.58. The van der Waals surface area contributed by atoms with Gasteiger partial charge in [0.05, 0.1) is 45.2 Å². The maximum atomic E-state index is 13.3. The van der Waals surface area contributed by atoms with Crippen molar-refractivity contribution in [2.45, 2.75) is 76.3 Å². The first kappa shape index (κ1) is 42.5. The van der Waals surface area contributed by atoms with Crippen LogP contribution in [0.3, 0.4) is 0 Å². The van der Waals surface area contributed by atoms with Crippen LogP contribution in [-0.2, 0) is 11.1 Å². The number of halogens is 3. The van der Waals surface area contributed by atoms with Crippen molar-refractivity contribution >= 4 is 40.6 Å². The Kier molecular flexibility index (Phi) is 10.8. The first-order chi connectivity index (χ1) is 31.3. The predicted octanol–water partition coefficient (Wildman–Crippen LogP) is 9.09. The summed E-state index contributed by atoms with van der Waals surface area (Å²) >= 11 is 5.49. The lowest BCUT2D eigenvalue weighted by atomic mass is 10.0. The van der Waals surface area contributed by atoms with Crippen LogP contribution < -0.4 is 20.9 Å². The number of hydrogen-bond acceptors (Lipinski definition) is 10. The van der Waals surface area contributed by atoms with Crippen molar-refractivity contribution < 1.29 is 18.4 Å². The second-order valence-electron chi connectivity index (χ2n) is 18.4. The monoisotopic (exact) mass is 894 g/mol. The first-order valence-electron chi connectivity index (χ1n) is 22.3. The third-order valence-corrected chi connectivity index (χ3v) is 14.0. The van der Waals surface area contributed by atoms with E-state index in [4.69, 9.17) is 21.6 Å². The average molecular weight is 895 g/mol. The minimum atomic E-state index is -0.474. The molecule has 6 aromatic rings. The van der Waals surface area contributed by atoms with Gasteiger partial charge in [0, 0.05) is 48.4 Å². The lowest BCUT2D eigenvalue weighted by molar-refractivity contribution is 0.0917. The maximum Gasteiger partial charge on any atom is 0.252 e. The molecule has 12 rings (SSSR count). The van der Waals surface area contributed by atoms with Gasteiger partial charge in [0.15, 0.2) is 0 Å². The van der Waals surface area contributed by atoms with E-state index in [1.807, 2.05) is 25.1 Å². The number of nitrogens with zero attached hydrogens (tertiary/aromatic N) is 7. The van der Waals surface area contributed by atoms with Crippen LogP contribution in [0.15, 0.2) is 97.3 Å². The van der Waals surface area contributed by atoms with E-state index >= 15 is 0 Å². The lowest BCUT2D eigenvalue weighted by Crippen LogP contribution is -2.37. The zero-order valence-electron chi connectivity index (χ0n) is 36.5. The highest BCUT2D eigenvalue weighted by molar-refractivity contribution is 6.29. The molecule has 4 aliphatic carbocycles. The number of pyridine rings is 2. The molecule has 15 heteroatoms. The molecular formula is C50H49ClF2N10O2. The molecule has 0 bridgehead atoms. The van der Waals surface area contributed by atoms with Gasteiger partial charge in [-0.1, -0.05) is 25.4 Å². The summed E-state index contributed by atoms with van der Waals surface area (Å²) in [6, 6.07) is 23.2. The normalized spacial score (nSPS) is 26.7. The van der Waals surface area contributed by atoms with Crippen LogP contribution in [-0.4, -0.2) is 54.8 Å². The molecule has 12 nitrogen and oxygen atoms in total. The van der Waals surface area contributed by atoms with E-state index in [1.165, 1.54) is 55.0 Å². The molecule has 4 fully saturated rings. The van der Waals surface area contributed by atoms with Crippen molar-refractivity contribution in [2.75, 3.05) is 23.3 Å². The zero-order valence-corrected chi connectivity index (χ0v) is 37.3. The summed E-state index contributed by atoms with van der Waals surface area (Å²) in [5.74, 6) is 4.28. The highest BCUT2D eigenvalue weighted by atomic mass is 35.5. The molecule has 2 amide bonds. The third-order valence-electron chi connectivity index (χ3n) is 13.8. The number of benzene rings is 2. The molecule has 8 atom stereocenters. The van der Waals surface area contributed by atoms with E-state index in [0.717, 1.165) is 84.1 Å². The molecule has 6 aliphatic rings. The van der Waals surface area contributed by atoms with Crippen LogP contribution in [0.2, 0.25) is 5.15 Å². The zero-order chi connectivity index (χ0) is 45.2. The summed E-state index contributed by atoms with van der Waals surface area (Å²) in [7, 11) is 0. The van der Waals surface area contributed by atoms with Crippen LogP contribution >= 0.6 is 11.6 Å². The Balaban J connectivity index is 0.000000134. The fourth-order valence-corrected chi connectivity index (χ4v) is 9.75. The topological polar surface area (TPSA) is 151 Å². The molecule has 0 radical (unpaired) electrons. The fraction of sp³-hybridized carbons (Fsp3) is 0.360. The maximum absolute atomic E-state index is 13.3. The molecule has 0 spiro atoms. The number of rotatable bonds is 7. The van der Waals surface area contributed by atoms with Crippen molar-refractivity contribution in [3.05, 3.63) is 160 Å². The van der Waals surface area contributed by atoms with Gasteiger partial charge in [-0.25, -0.2) is 28.7 Å². The quantitative estimate of drug-likeness (QED) is 0.133. The molecule has 2 aromatic carbocycles. The first-order valence-corrected chi connectivity index (χ1v) is 22.6. The molecule has 4 aromatic heterocycles. The largest absolute Gasteiger partial charge is 0.383 e. The number of carbonyl (C=O) groups excluding carboxylic acids is 2. The summed E-state index contributed by atoms with van der Waals surface area (Å²) in [6.45, 7) is 9.94. The minimum absolute atomic E-state index is 0.175. The average Bonchev–Trinajstić information content (AvgIpc) is 4.15. The van der Waals surface area contributed by atoms with Crippen molar-refractivity contribution in [2.24, 2.45) is 23.7 Å². The van der Waals surface area contributed by atoms with Crippen LogP contribution in [0, 0.1) is 49.2 Å². The fourth-order valence-electron chi connectivity index (χ4n) is 9.57. The third kappa shape index (κ3) is 8.51. The predicted molar refractivity (Wildman–Crippen MR) is 243 cm³/mol. The molecular weight excluding hydrogens is 846 g/mol. The molecule has 4 unspecified atom stereocenters. The Morgan fingerprint density at radius 2 is 1.20 bits per heavy atom. The second-order valence-corrected chi connectivity index (χ2v) is 18.8. The molecule has 332 valence electrons. The van der Waals surface area contributed by atoms with Crippen molar-refractivity contribution in [3.8, 4) is 0 Å². The Hall–Kier alpha value is -6.41. The number of amides is 2. The summed E-state index contributed by atoms with van der Waals surface area (Å²) in [4.78, 5) is 54.3. The minimum Gasteiger partial charge on any atom is -0.383 e. The van der Waals surface area contributed by atoms with Gasteiger partial charge in [-0.15, -0.1) is 0 Å². The van der Waals surface area contributed by atoms with E-state index in [0.29, 0.717) is 45.8 Å². The number of aromatic nitrogens is 6. The van der Waals surface area contributed by atoms with Gasteiger partial charge in [-0.05, 0) is 148 Å². The smallest absolute Gasteiger partial charge is 0.252 e. The second kappa shape index (κ2) is 16.5. The number of aryl methyl sites for hydroxylation is 2. The highest BCUT2D eigenvalue weighted by Gasteiger charge is 2.57. The number of fused-ring (bicyclic) bond motifs is 6. The van der Waals surface area contributed by atoms with E-state index in [2.05, 4.69) is 66.8 Å². The number of anilines is 3. The summed E-state index contributed by atoms with van der Waals surface area (Å²) in [5, 5.41) is 10.3. The van der Waals surface area contributed by atoms with Crippen LogP contribution in [0.5, 0.6) is 0 Å². The molecule has 65 heavy (non-hydrogen) atoms. The van der Waals surface area contributed by atoms with E-state index < -0.39 is 11.1 Å². The van der Waals surface area contributed by atoms with Gasteiger partial charge in [0.25, 0.3) is 11.8 Å². The van der Waals surface area contributed by atoms with Gasteiger partial charge in [0.1, 0.15) is 34.3 Å². The number of hydrogen-bond donors (Lipinski definition) is 3. The van der Waals surface area contributed by atoms with E-state index in [9.17, 15) is 18.4 Å². The number of nitrogens with one attached hydrogen (secondary N) is 3. The Bertz CT molecular complexity index is 2800. The summed E-state index contributed by atoms with van der Waals surface area (Å²) in [6.07, 6.45) is 7.49. The van der Waals surface area contributed by atoms with Crippen LogP contribution in [0.1, 0.15) is 107 Å². The molecule has 4 saturated carbocycles. The molecule has 0 saturated heterocycles. The molecule has 6 heterocycles. The Labute approximate surface area is 381 Å². The van der Waals surface area contributed by atoms with Gasteiger partial charge >= 0.3 is 0 Å². The molecule has 3 N–H and O–H groups in total. The van der Waals surface area contributed by atoms with Crippen LogP contribution in [0.25, 0.3) is 0 Å². The summed E-state index contributed by atoms with van der Waals surface area (Å²) < 4.78 is 26.3. The van der Waals surface area contributed by atoms with E-state index in [-0.39, 0.29) is 29.4 Å². The Morgan fingerprint density at radius 1 is 0.677 bits per heavy atom. The van der Waals surface area contributed by atoms with Crippen molar-refractivity contribution in [3.63, 3.8) is 0 Å². The SMILES string of the molecule is C[C@H]1C[C@@]1(NC(=O)c1ccc(F)cc1)c1ccc2c(n1)C1CC1CN2.Cc1nccc(Cl)n1.Cc1nccc(N2CC3CC3c3nc([C@]4(NC(=O)c5ccc(F)cc5)C[C@@H]4C)ccc32)n1.